The summed E-state index contributed by atoms with van der Waals surface area (Å²) in [6.45, 7) is 0.406. The smallest absolute Gasteiger partial charge is 0.244 e. The summed E-state index contributed by atoms with van der Waals surface area (Å²) in [5.74, 6) is -1.19. The third-order valence-corrected chi connectivity index (χ3v) is 4.36. The van der Waals surface area contributed by atoms with Gasteiger partial charge in [0, 0.05) is 6.54 Å². The molecule has 4 nitrogen and oxygen atoms in total. The zero-order chi connectivity index (χ0) is 15.4. The number of para-hydroxylation sites is 1. The Balaban J connectivity index is 1.76. The van der Waals surface area contributed by atoms with Gasteiger partial charge in [-0.2, -0.15) is 5.26 Å². The molecular weight excluding hydrogens is 294 g/mol. The van der Waals surface area contributed by atoms with Gasteiger partial charge in [0.2, 0.25) is 5.91 Å². The number of amides is 1. The number of rotatable bonds is 4. The minimum absolute atomic E-state index is 0.314. The number of nitriles is 1. The highest BCUT2D eigenvalue weighted by Crippen LogP contribution is 2.27. The van der Waals surface area contributed by atoms with Gasteiger partial charge >= 0.3 is 0 Å². The lowest BCUT2D eigenvalue weighted by molar-refractivity contribution is -0.121. The van der Waals surface area contributed by atoms with E-state index in [2.05, 4.69) is 16.4 Å². The van der Waals surface area contributed by atoms with Crippen molar-refractivity contribution in [1.82, 2.24) is 10.3 Å². The van der Waals surface area contributed by atoms with E-state index in [4.69, 9.17) is 0 Å². The average molecular weight is 307 g/mol. The predicted molar refractivity (Wildman–Crippen MR) is 86.3 cm³/mol. The molecule has 5 heteroatoms. The van der Waals surface area contributed by atoms with E-state index in [0.717, 1.165) is 15.8 Å². The molecule has 1 aromatic heterocycles. The maximum atomic E-state index is 12.3. The maximum Gasteiger partial charge on any atom is 0.244 e. The van der Waals surface area contributed by atoms with Crippen molar-refractivity contribution >= 4 is 27.5 Å². The molecule has 0 aliphatic heterocycles. The van der Waals surface area contributed by atoms with Gasteiger partial charge in [-0.15, -0.1) is 11.3 Å². The summed E-state index contributed by atoms with van der Waals surface area (Å²) in [6.07, 6.45) is 0. The second-order valence-electron chi connectivity index (χ2n) is 4.79. The molecule has 0 unspecified atom stereocenters. The molecule has 1 atom stereocenters. The first kappa shape index (κ1) is 14.2. The molecule has 0 saturated carbocycles. The van der Waals surface area contributed by atoms with Gasteiger partial charge in [0.1, 0.15) is 5.01 Å². The fourth-order valence-electron chi connectivity index (χ4n) is 2.13. The highest BCUT2D eigenvalue weighted by Gasteiger charge is 2.23. The van der Waals surface area contributed by atoms with Crippen LogP contribution in [0, 0.1) is 11.3 Å². The predicted octanol–water partition coefficient (Wildman–Crippen LogP) is 3.22. The van der Waals surface area contributed by atoms with E-state index < -0.39 is 5.92 Å². The average Bonchev–Trinajstić information content (AvgIpc) is 2.98. The number of hydrogen-bond donors (Lipinski definition) is 1. The number of nitrogens with zero attached hydrogens (tertiary/aromatic N) is 2. The molecule has 0 aliphatic carbocycles. The molecule has 22 heavy (non-hydrogen) atoms. The van der Waals surface area contributed by atoms with Crippen LogP contribution in [0.15, 0.2) is 54.6 Å². The first-order chi connectivity index (χ1) is 10.8. The second-order valence-corrected chi connectivity index (χ2v) is 5.85. The lowest BCUT2D eigenvalue weighted by Gasteiger charge is -2.08. The standard InChI is InChI=1S/C17H13N3OS/c18-10-13(16(21)19-11-12-6-2-1-3-7-12)17-20-14-8-4-5-9-15(14)22-17/h1-9,13H,11H2,(H,19,21)/t13-/m1/s1. The van der Waals surface area contributed by atoms with Gasteiger partial charge < -0.3 is 5.32 Å². The van der Waals surface area contributed by atoms with E-state index in [1.807, 2.05) is 54.6 Å². The Kier molecular flexibility index (Phi) is 4.12. The Morgan fingerprint density at radius 1 is 1.18 bits per heavy atom. The molecule has 0 radical (unpaired) electrons. The van der Waals surface area contributed by atoms with Crippen LogP contribution in [0.25, 0.3) is 10.2 Å². The van der Waals surface area contributed by atoms with Crippen LogP contribution in [-0.4, -0.2) is 10.9 Å². The van der Waals surface area contributed by atoms with Crippen molar-refractivity contribution < 1.29 is 4.79 Å². The van der Waals surface area contributed by atoms with E-state index >= 15 is 0 Å². The van der Waals surface area contributed by atoms with Gasteiger partial charge in [-0.05, 0) is 17.7 Å². The zero-order valence-electron chi connectivity index (χ0n) is 11.7. The Bertz CT molecular complexity index is 803. The van der Waals surface area contributed by atoms with E-state index in [1.165, 1.54) is 11.3 Å². The Hall–Kier alpha value is -2.71. The fraction of sp³-hybridized carbons (Fsp3) is 0.118. The first-order valence-corrected chi connectivity index (χ1v) is 7.66. The number of aromatic nitrogens is 1. The molecule has 0 bridgehead atoms. The Morgan fingerprint density at radius 3 is 2.64 bits per heavy atom. The van der Waals surface area contributed by atoms with Crippen LogP contribution in [0.1, 0.15) is 16.5 Å². The summed E-state index contributed by atoms with van der Waals surface area (Å²) < 4.78 is 0.980. The second kappa shape index (κ2) is 6.37. The van der Waals surface area contributed by atoms with Crippen molar-refractivity contribution in [2.45, 2.75) is 12.5 Å². The largest absolute Gasteiger partial charge is 0.351 e. The maximum absolute atomic E-state index is 12.3. The number of carbonyl (C=O) groups is 1. The van der Waals surface area contributed by atoms with Crippen LogP contribution in [0.2, 0.25) is 0 Å². The molecule has 1 N–H and O–H groups in total. The SMILES string of the molecule is N#C[C@H](C(=O)NCc1ccccc1)c1nc2ccccc2s1. The lowest BCUT2D eigenvalue weighted by atomic mass is 10.1. The molecule has 3 aromatic rings. The van der Waals surface area contributed by atoms with E-state index in [9.17, 15) is 10.1 Å². The van der Waals surface area contributed by atoms with Crippen LogP contribution in [-0.2, 0) is 11.3 Å². The van der Waals surface area contributed by atoms with Crippen LogP contribution in [0.3, 0.4) is 0 Å². The molecule has 2 aromatic carbocycles. The number of fused-ring (bicyclic) bond motifs is 1. The summed E-state index contributed by atoms with van der Waals surface area (Å²) >= 11 is 1.39. The summed E-state index contributed by atoms with van der Waals surface area (Å²) in [5, 5.41) is 12.7. The van der Waals surface area contributed by atoms with Gasteiger partial charge in [-0.25, -0.2) is 4.98 Å². The Morgan fingerprint density at radius 2 is 1.91 bits per heavy atom. The summed E-state index contributed by atoms with van der Waals surface area (Å²) in [6, 6.07) is 19.3. The molecule has 108 valence electrons. The van der Waals surface area contributed by atoms with Crippen molar-refractivity contribution in [2.24, 2.45) is 0 Å². The van der Waals surface area contributed by atoms with E-state index in [0.29, 0.717) is 11.6 Å². The van der Waals surface area contributed by atoms with E-state index in [-0.39, 0.29) is 5.91 Å². The quantitative estimate of drug-likeness (QED) is 0.805. The van der Waals surface area contributed by atoms with Crippen molar-refractivity contribution in [3.63, 3.8) is 0 Å². The van der Waals surface area contributed by atoms with Crippen molar-refractivity contribution in [2.75, 3.05) is 0 Å². The molecule has 3 rings (SSSR count). The monoisotopic (exact) mass is 307 g/mol. The van der Waals surface area contributed by atoms with Crippen molar-refractivity contribution in [1.29, 1.82) is 5.26 Å². The number of hydrogen-bond acceptors (Lipinski definition) is 4. The molecule has 1 heterocycles. The summed E-state index contributed by atoms with van der Waals surface area (Å²) in [7, 11) is 0. The molecule has 0 aliphatic rings. The molecule has 0 spiro atoms. The topological polar surface area (TPSA) is 65.8 Å². The molecular formula is C17H13N3OS. The normalized spacial score (nSPS) is 11.8. The minimum Gasteiger partial charge on any atom is -0.351 e. The van der Waals surface area contributed by atoms with Gasteiger partial charge in [-0.1, -0.05) is 42.5 Å². The fourth-order valence-corrected chi connectivity index (χ4v) is 3.14. The van der Waals surface area contributed by atoms with Crippen molar-refractivity contribution in [3.8, 4) is 6.07 Å². The van der Waals surface area contributed by atoms with Gasteiger partial charge in [-0.3, -0.25) is 4.79 Å². The zero-order valence-corrected chi connectivity index (χ0v) is 12.5. The van der Waals surface area contributed by atoms with Gasteiger partial charge in [0.25, 0.3) is 0 Å². The van der Waals surface area contributed by atoms with Crippen LogP contribution >= 0.6 is 11.3 Å². The first-order valence-electron chi connectivity index (χ1n) is 6.84. The molecule has 0 saturated heterocycles. The number of carbonyl (C=O) groups excluding carboxylic acids is 1. The third kappa shape index (κ3) is 2.97. The summed E-state index contributed by atoms with van der Waals surface area (Å²) in [5.41, 5.74) is 1.82. The highest BCUT2D eigenvalue weighted by molar-refractivity contribution is 7.18. The lowest BCUT2D eigenvalue weighted by Crippen LogP contribution is -2.28. The molecule has 1 amide bonds. The third-order valence-electron chi connectivity index (χ3n) is 3.26. The number of nitrogens with one attached hydrogen (secondary N) is 1. The van der Waals surface area contributed by atoms with Gasteiger partial charge in [0.05, 0.1) is 16.3 Å². The molecule has 0 fully saturated rings. The summed E-state index contributed by atoms with van der Waals surface area (Å²) in [4.78, 5) is 16.7. The number of benzene rings is 2. The van der Waals surface area contributed by atoms with E-state index in [1.54, 1.807) is 0 Å². The van der Waals surface area contributed by atoms with Crippen LogP contribution in [0.5, 0.6) is 0 Å². The minimum atomic E-state index is -0.874. The highest BCUT2D eigenvalue weighted by atomic mass is 32.1. The van der Waals surface area contributed by atoms with Crippen LogP contribution in [0.4, 0.5) is 0 Å². The van der Waals surface area contributed by atoms with Crippen LogP contribution < -0.4 is 5.32 Å². The Labute approximate surface area is 132 Å². The van der Waals surface area contributed by atoms with Crippen molar-refractivity contribution in [3.05, 3.63) is 65.2 Å². The number of thiazole rings is 1. The van der Waals surface area contributed by atoms with Gasteiger partial charge in [0.15, 0.2) is 5.92 Å².